The highest BCUT2D eigenvalue weighted by atomic mass is 16.2. The molecular weight excluding hydrogens is 274 g/mol. The van der Waals surface area contributed by atoms with E-state index in [4.69, 9.17) is 5.84 Å². The Bertz CT molecular complexity index is 543. The van der Waals surface area contributed by atoms with Gasteiger partial charge < -0.3 is 5.32 Å². The molecule has 0 aliphatic carbocycles. The molecule has 1 aromatic rings. The van der Waals surface area contributed by atoms with Crippen molar-refractivity contribution < 1.29 is 9.59 Å². The van der Waals surface area contributed by atoms with Crippen LogP contribution in [0, 0.1) is 5.92 Å². The number of nitrogen functional groups attached to an aromatic ring is 1. The van der Waals surface area contributed by atoms with Gasteiger partial charge in [-0.05, 0) is 19.4 Å². The summed E-state index contributed by atoms with van der Waals surface area (Å²) in [6, 6.07) is 0.279. The first kappa shape index (κ1) is 14.0. The first-order valence-electron chi connectivity index (χ1n) is 7.12. The summed E-state index contributed by atoms with van der Waals surface area (Å²) in [7, 11) is 0. The molecule has 0 bridgehead atoms. The number of nitrogens with one attached hydrogen (secondary N) is 2. The molecule has 4 N–H and O–H groups in total. The van der Waals surface area contributed by atoms with E-state index in [-0.39, 0.29) is 23.6 Å². The lowest BCUT2D eigenvalue weighted by Crippen LogP contribution is -2.46. The maximum atomic E-state index is 11.7. The number of fused-ring (bicyclic) bond motifs is 1. The Balaban J connectivity index is 1.58. The van der Waals surface area contributed by atoms with Crippen molar-refractivity contribution in [1.82, 2.24) is 30.6 Å². The van der Waals surface area contributed by atoms with Gasteiger partial charge in [0.15, 0.2) is 5.69 Å². The minimum atomic E-state index is -0.454. The van der Waals surface area contributed by atoms with Gasteiger partial charge in [0.1, 0.15) is 0 Å². The molecule has 0 saturated carbocycles. The van der Waals surface area contributed by atoms with Gasteiger partial charge in [-0.1, -0.05) is 5.21 Å². The number of amides is 2. The van der Waals surface area contributed by atoms with Crippen LogP contribution in [0.2, 0.25) is 0 Å². The Labute approximate surface area is 121 Å². The van der Waals surface area contributed by atoms with E-state index >= 15 is 0 Å². The van der Waals surface area contributed by atoms with Gasteiger partial charge >= 0.3 is 0 Å². The maximum Gasteiger partial charge on any atom is 0.287 e. The fourth-order valence-electron chi connectivity index (χ4n) is 3.13. The Morgan fingerprint density at radius 3 is 3.19 bits per heavy atom. The minimum absolute atomic E-state index is 0.119. The summed E-state index contributed by atoms with van der Waals surface area (Å²) in [4.78, 5) is 25.3. The number of rotatable bonds is 4. The lowest BCUT2D eigenvalue weighted by molar-refractivity contribution is -0.124. The van der Waals surface area contributed by atoms with Crippen molar-refractivity contribution >= 4 is 11.8 Å². The number of piperidine rings is 1. The highest BCUT2D eigenvalue weighted by Crippen LogP contribution is 2.26. The molecule has 3 rings (SSSR count). The summed E-state index contributed by atoms with van der Waals surface area (Å²) in [6.07, 6.45) is 3.57. The first-order valence-corrected chi connectivity index (χ1v) is 7.12. The van der Waals surface area contributed by atoms with E-state index in [1.807, 2.05) is 5.43 Å². The van der Waals surface area contributed by atoms with E-state index in [2.05, 4.69) is 20.5 Å². The summed E-state index contributed by atoms with van der Waals surface area (Å²) >= 11 is 0. The number of nitrogens with zero attached hydrogens (tertiary/aromatic N) is 4. The number of hydrogen-bond donors (Lipinski definition) is 3. The van der Waals surface area contributed by atoms with E-state index < -0.39 is 5.91 Å². The molecule has 1 aromatic heterocycles. The molecule has 2 saturated heterocycles. The second kappa shape index (κ2) is 5.78. The molecule has 0 radical (unpaired) electrons. The average Bonchev–Trinajstić information content (AvgIpc) is 3.12. The molecule has 0 spiro atoms. The van der Waals surface area contributed by atoms with Crippen LogP contribution in [-0.4, -0.2) is 57.4 Å². The number of aromatic nitrogens is 3. The topological polar surface area (TPSA) is 118 Å². The quantitative estimate of drug-likeness (QED) is 0.339. The first-order chi connectivity index (χ1) is 10.2. The van der Waals surface area contributed by atoms with Crippen LogP contribution in [0.25, 0.3) is 0 Å². The van der Waals surface area contributed by atoms with E-state index in [1.54, 1.807) is 10.9 Å². The summed E-state index contributed by atoms with van der Waals surface area (Å²) in [5, 5.41) is 10.6. The number of hydrogen-bond acceptors (Lipinski definition) is 6. The molecule has 2 unspecified atom stereocenters. The number of carbonyl (C=O) groups is 2. The molecule has 2 fully saturated rings. The molecule has 3 heterocycles. The van der Waals surface area contributed by atoms with Crippen molar-refractivity contribution in [1.29, 1.82) is 0 Å². The fourth-order valence-corrected chi connectivity index (χ4v) is 3.13. The third-order valence-electron chi connectivity index (χ3n) is 4.23. The van der Waals surface area contributed by atoms with Gasteiger partial charge in [0.05, 0.1) is 18.7 Å². The van der Waals surface area contributed by atoms with Crippen LogP contribution < -0.4 is 16.6 Å². The summed E-state index contributed by atoms with van der Waals surface area (Å²) in [6.45, 7) is 3.12. The Kier molecular flexibility index (Phi) is 3.84. The van der Waals surface area contributed by atoms with Gasteiger partial charge in [-0.3, -0.25) is 24.6 Å². The molecule has 0 aromatic carbocycles. The summed E-state index contributed by atoms with van der Waals surface area (Å²) < 4.78 is 1.62. The predicted octanol–water partition coefficient (Wildman–Crippen LogP) is -1.91. The van der Waals surface area contributed by atoms with Crippen molar-refractivity contribution in [2.45, 2.75) is 25.4 Å². The molecule has 9 heteroatoms. The minimum Gasteiger partial charge on any atom is -0.354 e. The van der Waals surface area contributed by atoms with Crippen molar-refractivity contribution in [2.75, 3.05) is 19.6 Å². The van der Waals surface area contributed by atoms with Gasteiger partial charge in [0, 0.05) is 19.1 Å². The summed E-state index contributed by atoms with van der Waals surface area (Å²) in [5.74, 6) is 4.89. The zero-order valence-corrected chi connectivity index (χ0v) is 11.7. The molecule has 2 amide bonds. The third-order valence-corrected chi connectivity index (χ3v) is 4.23. The molecule has 21 heavy (non-hydrogen) atoms. The van der Waals surface area contributed by atoms with Gasteiger partial charge in [-0.15, -0.1) is 5.10 Å². The number of hydrazine groups is 1. The van der Waals surface area contributed by atoms with Crippen LogP contribution >= 0.6 is 0 Å². The second-order valence-electron chi connectivity index (χ2n) is 5.44. The predicted molar refractivity (Wildman–Crippen MR) is 72.8 cm³/mol. The van der Waals surface area contributed by atoms with E-state index in [0.29, 0.717) is 6.54 Å². The molecule has 9 nitrogen and oxygen atoms in total. The van der Waals surface area contributed by atoms with Crippen LogP contribution in [0.3, 0.4) is 0 Å². The Hall–Kier alpha value is -2.00. The molecular formula is C12H19N7O2. The average molecular weight is 293 g/mol. The van der Waals surface area contributed by atoms with Gasteiger partial charge in [0.25, 0.3) is 5.91 Å². The van der Waals surface area contributed by atoms with Crippen molar-refractivity contribution in [3.63, 3.8) is 0 Å². The maximum absolute atomic E-state index is 11.7. The standard InChI is InChI=1S/C12H19N7O2/c13-15-12(21)9-7-19(17-16-9)5-4-18-3-1-2-8-10(18)6-14-11(8)20/h7-8,10H,1-6,13H2,(H,14,20)(H,15,21). The van der Waals surface area contributed by atoms with E-state index in [0.717, 1.165) is 32.5 Å². The highest BCUT2D eigenvalue weighted by Gasteiger charge is 2.40. The number of likely N-dealkylation sites (tertiary alicyclic amines) is 1. The second-order valence-corrected chi connectivity index (χ2v) is 5.44. The zero-order valence-electron chi connectivity index (χ0n) is 11.7. The van der Waals surface area contributed by atoms with Gasteiger partial charge in [0.2, 0.25) is 5.91 Å². The van der Waals surface area contributed by atoms with Crippen molar-refractivity contribution in [3.8, 4) is 0 Å². The molecule has 114 valence electrons. The lowest BCUT2D eigenvalue weighted by Gasteiger charge is -2.35. The third kappa shape index (κ3) is 2.74. The van der Waals surface area contributed by atoms with Crippen LogP contribution in [0.5, 0.6) is 0 Å². The lowest BCUT2D eigenvalue weighted by atomic mass is 9.91. The Morgan fingerprint density at radius 2 is 2.38 bits per heavy atom. The number of nitrogens with two attached hydrogens (primary N) is 1. The van der Waals surface area contributed by atoms with Crippen molar-refractivity contribution in [3.05, 3.63) is 11.9 Å². The molecule has 2 atom stereocenters. The Morgan fingerprint density at radius 1 is 1.52 bits per heavy atom. The van der Waals surface area contributed by atoms with Crippen LogP contribution in [-0.2, 0) is 11.3 Å². The normalized spacial score (nSPS) is 25.5. The largest absolute Gasteiger partial charge is 0.354 e. The van der Waals surface area contributed by atoms with Crippen molar-refractivity contribution in [2.24, 2.45) is 11.8 Å². The molecule has 2 aliphatic heterocycles. The smallest absolute Gasteiger partial charge is 0.287 e. The van der Waals surface area contributed by atoms with Gasteiger partial charge in [-0.2, -0.15) is 0 Å². The SMILES string of the molecule is NNC(=O)c1cn(CCN2CCCC3C(=O)NCC32)nn1. The highest BCUT2D eigenvalue weighted by molar-refractivity contribution is 5.91. The van der Waals surface area contributed by atoms with Gasteiger partial charge in [-0.25, -0.2) is 5.84 Å². The van der Waals surface area contributed by atoms with Crippen LogP contribution in [0.15, 0.2) is 6.20 Å². The fraction of sp³-hybridized carbons (Fsp3) is 0.667. The van der Waals surface area contributed by atoms with E-state index in [1.165, 1.54) is 0 Å². The summed E-state index contributed by atoms with van der Waals surface area (Å²) in [5.41, 5.74) is 2.22. The zero-order chi connectivity index (χ0) is 14.8. The van der Waals surface area contributed by atoms with Crippen LogP contribution in [0.4, 0.5) is 0 Å². The number of carbonyl (C=O) groups excluding carboxylic acids is 2. The monoisotopic (exact) mass is 293 g/mol. The van der Waals surface area contributed by atoms with E-state index in [9.17, 15) is 9.59 Å². The molecule has 2 aliphatic rings. The van der Waals surface area contributed by atoms with Crippen LogP contribution in [0.1, 0.15) is 23.3 Å².